The van der Waals surface area contributed by atoms with Crippen LogP contribution in [0.3, 0.4) is 0 Å². The van der Waals surface area contributed by atoms with Gasteiger partial charge in [0.2, 0.25) is 0 Å². The van der Waals surface area contributed by atoms with Crippen LogP contribution in [0.15, 0.2) is 64.8 Å². The fourth-order valence-corrected chi connectivity index (χ4v) is 5.70. The summed E-state index contributed by atoms with van der Waals surface area (Å²) in [5.74, 6) is -0.851. The molecule has 0 N–H and O–H groups in total. The molecular formula is C27H25ClN4O5S2. The fraction of sp³-hybridized carbons (Fsp3) is 0.259. The Labute approximate surface area is 237 Å². The van der Waals surface area contributed by atoms with Gasteiger partial charge in [0, 0.05) is 45.8 Å². The van der Waals surface area contributed by atoms with E-state index in [-0.39, 0.29) is 23.8 Å². The van der Waals surface area contributed by atoms with E-state index in [1.165, 1.54) is 59.5 Å². The Morgan fingerprint density at radius 3 is 2.44 bits per heavy atom. The molecule has 0 amide bonds. The van der Waals surface area contributed by atoms with Crippen LogP contribution in [0.5, 0.6) is 0 Å². The second kappa shape index (κ2) is 11.7. The van der Waals surface area contributed by atoms with Gasteiger partial charge in [-0.05, 0) is 36.4 Å². The predicted octanol–water partition coefficient (Wildman–Crippen LogP) is 5.47. The van der Waals surface area contributed by atoms with Crippen LogP contribution in [-0.2, 0) is 17.0 Å². The van der Waals surface area contributed by atoms with Crippen molar-refractivity contribution in [1.82, 2.24) is 19.3 Å². The molecule has 0 saturated heterocycles. The van der Waals surface area contributed by atoms with Crippen molar-refractivity contribution in [3.8, 4) is 11.3 Å². The third kappa shape index (κ3) is 6.55. The second-order valence-corrected chi connectivity index (χ2v) is 12.4. The number of thioether (sulfide) groups is 1. The van der Waals surface area contributed by atoms with Crippen LogP contribution in [-0.4, -0.2) is 44.1 Å². The molecule has 39 heavy (non-hydrogen) atoms. The molecule has 9 nitrogen and oxygen atoms in total. The Bertz CT molecular complexity index is 1600. The van der Waals surface area contributed by atoms with Crippen molar-refractivity contribution in [2.24, 2.45) is 5.41 Å². The monoisotopic (exact) mass is 584 g/mol. The number of carbonyl (C=O) groups is 3. The Morgan fingerprint density at radius 1 is 1.10 bits per heavy atom. The molecule has 202 valence electrons. The van der Waals surface area contributed by atoms with E-state index in [1.54, 1.807) is 39.0 Å². The van der Waals surface area contributed by atoms with E-state index in [0.29, 0.717) is 31.9 Å². The minimum Gasteiger partial charge on any atom is -0.465 e. The lowest BCUT2D eigenvalue weighted by Gasteiger charge is -2.17. The summed E-state index contributed by atoms with van der Waals surface area (Å²) >= 11 is 8.93. The third-order valence-electron chi connectivity index (χ3n) is 5.61. The molecule has 0 aliphatic rings. The summed E-state index contributed by atoms with van der Waals surface area (Å²) in [7, 11) is 1.17. The van der Waals surface area contributed by atoms with Crippen LogP contribution in [0.4, 0.5) is 0 Å². The maximum atomic E-state index is 13.3. The number of nitrogens with zero attached hydrogens (tertiary/aromatic N) is 4. The van der Waals surface area contributed by atoms with E-state index in [9.17, 15) is 19.2 Å². The summed E-state index contributed by atoms with van der Waals surface area (Å²) in [5.41, 5.74) is -0.556. The number of halogens is 1. The van der Waals surface area contributed by atoms with Gasteiger partial charge in [0.25, 0.3) is 11.5 Å². The molecule has 4 aromatic heterocycles. The van der Waals surface area contributed by atoms with E-state index < -0.39 is 16.9 Å². The summed E-state index contributed by atoms with van der Waals surface area (Å²) in [6, 6.07) is 9.91. The minimum absolute atomic E-state index is 0.227. The minimum atomic E-state index is -0.846. The number of thiophene rings is 1. The highest BCUT2D eigenvalue weighted by Crippen LogP contribution is 2.33. The molecule has 0 saturated carbocycles. The summed E-state index contributed by atoms with van der Waals surface area (Å²) < 4.78 is 7.97. The SMILES string of the molecule is COC(=O)c1cc(-c2cc(SCc3ccc(Cl)s3)n(C(=O)C(C)(C)C)n2)cn(CC(=O)c2ccncc2)c1=O. The Balaban J connectivity index is 1.78. The molecule has 12 heteroatoms. The summed E-state index contributed by atoms with van der Waals surface area (Å²) in [4.78, 5) is 56.7. The van der Waals surface area contributed by atoms with Crippen LogP contribution in [0, 0.1) is 5.41 Å². The first-order valence-corrected chi connectivity index (χ1v) is 13.9. The van der Waals surface area contributed by atoms with Crippen molar-refractivity contribution in [3.05, 3.63) is 85.7 Å². The van der Waals surface area contributed by atoms with Crippen LogP contribution in [0.2, 0.25) is 4.34 Å². The molecule has 4 heterocycles. The molecule has 0 aliphatic heterocycles. The molecule has 0 aromatic carbocycles. The van der Waals surface area contributed by atoms with Gasteiger partial charge in [-0.2, -0.15) is 9.78 Å². The zero-order valence-corrected chi connectivity index (χ0v) is 24.0. The number of pyridine rings is 2. The van der Waals surface area contributed by atoms with Gasteiger partial charge in [-0.1, -0.05) is 32.4 Å². The van der Waals surface area contributed by atoms with Gasteiger partial charge in [0.05, 0.1) is 23.7 Å². The third-order valence-corrected chi connectivity index (χ3v) is 8.06. The molecule has 0 aliphatic carbocycles. The van der Waals surface area contributed by atoms with Crippen molar-refractivity contribution < 1.29 is 19.1 Å². The molecule has 0 radical (unpaired) electrons. The van der Waals surface area contributed by atoms with Gasteiger partial charge >= 0.3 is 5.97 Å². The highest BCUT2D eigenvalue weighted by atomic mass is 35.5. The Morgan fingerprint density at radius 2 is 1.82 bits per heavy atom. The van der Waals surface area contributed by atoms with Gasteiger partial charge < -0.3 is 9.30 Å². The van der Waals surface area contributed by atoms with Crippen LogP contribution < -0.4 is 5.56 Å². The highest BCUT2D eigenvalue weighted by Gasteiger charge is 2.28. The summed E-state index contributed by atoms with van der Waals surface area (Å²) in [5, 5.41) is 5.14. The van der Waals surface area contributed by atoms with Crippen LogP contribution in [0.25, 0.3) is 11.3 Å². The number of rotatable bonds is 8. The first kappa shape index (κ1) is 28.5. The largest absolute Gasteiger partial charge is 0.465 e. The van der Waals surface area contributed by atoms with Crippen molar-refractivity contribution in [3.63, 3.8) is 0 Å². The van der Waals surface area contributed by atoms with E-state index in [0.717, 1.165) is 9.44 Å². The Hall–Kier alpha value is -3.54. The number of methoxy groups -OCH3 is 1. The standard InChI is InChI=1S/C27H25ClN4O5S2/c1-27(2,3)26(36)32-23(38-15-18-5-6-22(28)39-18)12-20(30-32)17-11-19(25(35)37-4)24(34)31(13-17)14-21(33)16-7-9-29-10-8-16/h5-13H,14-15H2,1-4H3. The predicted molar refractivity (Wildman–Crippen MR) is 151 cm³/mol. The number of aromatic nitrogens is 4. The van der Waals surface area contributed by atoms with Gasteiger partial charge in [0.15, 0.2) is 5.78 Å². The second-order valence-electron chi connectivity index (χ2n) is 9.56. The highest BCUT2D eigenvalue weighted by molar-refractivity contribution is 7.98. The maximum absolute atomic E-state index is 13.3. The molecule has 0 bridgehead atoms. The summed E-state index contributed by atoms with van der Waals surface area (Å²) in [6.45, 7) is 5.07. The number of Topliss-reactive ketones (excluding diaryl/α,β-unsaturated/α-hetero) is 1. The van der Waals surface area contributed by atoms with Crippen molar-refractivity contribution in [2.75, 3.05) is 7.11 Å². The average Bonchev–Trinajstić information content (AvgIpc) is 3.53. The van der Waals surface area contributed by atoms with Crippen LogP contribution in [0.1, 0.15) is 51.2 Å². The number of hydrogen-bond acceptors (Lipinski definition) is 9. The first-order valence-electron chi connectivity index (χ1n) is 11.8. The van der Waals surface area contributed by atoms with E-state index in [1.807, 2.05) is 12.1 Å². The topological polar surface area (TPSA) is 113 Å². The molecule has 0 unspecified atom stereocenters. The molecule has 0 atom stereocenters. The fourth-order valence-electron chi connectivity index (χ4n) is 3.58. The smallest absolute Gasteiger partial charge is 0.343 e. The van der Waals surface area contributed by atoms with Crippen molar-refractivity contribution in [1.29, 1.82) is 0 Å². The quantitative estimate of drug-likeness (QED) is 0.152. The number of hydrogen-bond donors (Lipinski definition) is 0. The first-order chi connectivity index (χ1) is 18.5. The zero-order chi connectivity index (χ0) is 28.3. The zero-order valence-electron chi connectivity index (χ0n) is 21.6. The van der Waals surface area contributed by atoms with Crippen LogP contribution >= 0.6 is 34.7 Å². The number of ether oxygens (including phenoxy) is 1. The molecule has 4 aromatic rings. The van der Waals surface area contributed by atoms with E-state index in [4.69, 9.17) is 16.3 Å². The summed E-state index contributed by atoms with van der Waals surface area (Å²) in [6.07, 6.45) is 4.42. The van der Waals surface area contributed by atoms with Crippen molar-refractivity contribution in [2.45, 2.75) is 38.1 Å². The number of ketones is 1. The number of esters is 1. The molecule has 4 rings (SSSR count). The lowest BCUT2D eigenvalue weighted by Crippen LogP contribution is -2.29. The lowest BCUT2D eigenvalue weighted by molar-refractivity contribution is 0.0597. The van der Waals surface area contributed by atoms with Gasteiger partial charge in [-0.15, -0.1) is 23.1 Å². The normalized spacial score (nSPS) is 11.4. The number of carbonyl (C=O) groups excluding carboxylic acids is 3. The van der Waals surface area contributed by atoms with E-state index in [2.05, 4.69) is 10.1 Å². The van der Waals surface area contributed by atoms with E-state index >= 15 is 0 Å². The van der Waals surface area contributed by atoms with Gasteiger partial charge in [-0.3, -0.25) is 19.4 Å². The van der Waals surface area contributed by atoms with Gasteiger partial charge in [0.1, 0.15) is 10.6 Å². The molecule has 0 spiro atoms. The average molecular weight is 585 g/mol. The Kier molecular flexibility index (Phi) is 8.53. The lowest BCUT2D eigenvalue weighted by atomic mass is 9.96. The maximum Gasteiger partial charge on any atom is 0.343 e. The van der Waals surface area contributed by atoms with Crippen molar-refractivity contribution >= 4 is 52.4 Å². The molecule has 0 fully saturated rings. The molecular weight excluding hydrogens is 560 g/mol. The van der Waals surface area contributed by atoms with Gasteiger partial charge in [-0.25, -0.2) is 4.79 Å².